The number of hydrogen-bond acceptors (Lipinski definition) is 4. The van der Waals surface area contributed by atoms with Crippen LogP contribution < -0.4 is 4.74 Å². The molecule has 2 aliphatic rings. The quantitative estimate of drug-likeness (QED) is 0.753. The van der Waals surface area contributed by atoms with Crippen LogP contribution in [0.5, 0.6) is 5.75 Å². The summed E-state index contributed by atoms with van der Waals surface area (Å²) in [5.41, 5.74) is 0.285. The smallest absolute Gasteiger partial charge is 0.218 e. The van der Waals surface area contributed by atoms with Crippen LogP contribution in [0.2, 0.25) is 5.02 Å². The standard InChI is InChI=1S/C20H19ClFNO4S/c21-17-3-1-2-16-18(24)12-20(27-19(16)17)8-10-23(11-9-20)28(25,26)13-14-4-6-15(22)7-5-14/h1-7H,8-13H2. The summed E-state index contributed by atoms with van der Waals surface area (Å²) in [5.74, 6) is -0.233. The molecule has 0 unspecified atom stereocenters. The predicted molar refractivity (Wildman–Crippen MR) is 104 cm³/mol. The summed E-state index contributed by atoms with van der Waals surface area (Å²) in [4.78, 5) is 12.6. The molecule has 1 spiro atoms. The highest BCUT2D eigenvalue weighted by molar-refractivity contribution is 7.88. The predicted octanol–water partition coefficient (Wildman–Crippen LogP) is 3.81. The highest BCUT2D eigenvalue weighted by Crippen LogP contribution is 2.43. The van der Waals surface area contributed by atoms with Crippen LogP contribution in [0.1, 0.15) is 35.2 Å². The van der Waals surface area contributed by atoms with Crippen molar-refractivity contribution >= 4 is 27.4 Å². The molecule has 2 aliphatic heterocycles. The van der Waals surface area contributed by atoms with E-state index in [1.54, 1.807) is 18.2 Å². The van der Waals surface area contributed by atoms with E-state index in [1.165, 1.54) is 28.6 Å². The van der Waals surface area contributed by atoms with E-state index in [1.807, 2.05) is 0 Å². The number of benzene rings is 2. The van der Waals surface area contributed by atoms with Crippen molar-refractivity contribution in [3.05, 3.63) is 64.4 Å². The summed E-state index contributed by atoms with van der Waals surface area (Å²) < 4.78 is 46.0. The molecule has 148 valence electrons. The molecule has 2 heterocycles. The Morgan fingerprint density at radius 2 is 1.79 bits per heavy atom. The van der Waals surface area contributed by atoms with Crippen molar-refractivity contribution in [1.29, 1.82) is 0 Å². The number of para-hydroxylation sites is 1. The van der Waals surface area contributed by atoms with Gasteiger partial charge in [0, 0.05) is 25.9 Å². The zero-order valence-electron chi connectivity index (χ0n) is 15.0. The maximum absolute atomic E-state index is 13.0. The van der Waals surface area contributed by atoms with Crippen molar-refractivity contribution in [3.8, 4) is 5.75 Å². The van der Waals surface area contributed by atoms with Gasteiger partial charge in [-0.15, -0.1) is 0 Å². The van der Waals surface area contributed by atoms with Gasteiger partial charge in [0.2, 0.25) is 10.0 Å². The molecule has 0 aromatic heterocycles. The van der Waals surface area contributed by atoms with E-state index in [2.05, 4.69) is 0 Å². The fourth-order valence-electron chi connectivity index (χ4n) is 3.81. The molecule has 2 aromatic carbocycles. The van der Waals surface area contributed by atoms with Crippen LogP contribution in [0.3, 0.4) is 0 Å². The second-order valence-corrected chi connectivity index (χ2v) is 9.66. The molecule has 0 saturated carbocycles. The average Bonchev–Trinajstić information content (AvgIpc) is 2.65. The molecule has 1 fully saturated rings. The Balaban J connectivity index is 1.48. The first-order chi connectivity index (χ1) is 13.3. The fraction of sp³-hybridized carbons (Fsp3) is 0.350. The number of ketones is 1. The Labute approximate surface area is 168 Å². The summed E-state index contributed by atoms with van der Waals surface area (Å²) in [5, 5.41) is 0.385. The average molecular weight is 424 g/mol. The van der Waals surface area contributed by atoms with Crippen molar-refractivity contribution in [2.75, 3.05) is 13.1 Å². The van der Waals surface area contributed by atoms with Gasteiger partial charge in [-0.05, 0) is 29.8 Å². The molecule has 28 heavy (non-hydrogen) atoms. The van der Waals surface area contributed by atoms with E-state index in [4.69, 9.17) is 16.3 Å². The minimum atomic E-state index is -3.54. The molecule has 0 amide bonds. The van der Waals surface area contributed by atoms with Gasteiger partial charge in [0.15, 0.2) is 5.78 Å². The minimum Gasteiger partial charge on any atom is -0.484 e. The molecule has 5 nitrogen and oxygen atoms in total. The number of carbonyl (C=O) groups excluding carboxylic acids is 1. The van der Waals surface area contributed by atoms with Crippen LogP contribution in [-0.2, 0) is 15.8 Å². The van der Waals surface area contributed by atoms with Crippen molar-refractivity contribution in [3.63, 3.8) is 0 Å². The molecule has 8 heteroatoms. The fourth-order valence-corrected chi connectivity index (χ4v) is 5.55. The zero-order chi connectivity index (χ0) is 19.9. The van der Waals surface area contributed by atoms with Gasteiger partial charge in [-0.25, -0.2) is 17.1 Å². The molecule has 2 aromatic rings. The summed E-state index contributed by atoms with van der Waals surface area (Å²) >= 11 is 6.20. The maximum Gasteiger partial charge on any atom is 0.218 e. The van der Waals surface area contributed by atoms with Gasteiger partial charge < -0.3 is 4.74 Å². The number of halogens is 2. The van der Waals surface area contributed by atoms with Crippen LogP contribution >= 0.6 is 11.6 Å². The third-order valence-corrected chi connectivity index (χ3v) is 7.51. The van der Waals surface area contributed by atoms with E-state index >= 15 is 0 Å². The van der Waals surface area contributed by atoms with E-state index in [-0.39, 0.29) is 31.0 Å². The highest BCUT2D eigenvalue weighted by atomic mass is 35.5. The second kappa shape index (κ2) is 7.13. The number of sulfonamides is 1. The Kier molecular flexibility index (Phi) is 4.93. The zero-order valence-corrected chi connectivity index (χ0v) is 16.6. The van der Waals surface area contributed by atoms with Crippen molar-refractivity contribution in [2.24, 2.45) is 0 Å². The first-order valence-electron chi connectivity index (χ1n) is 9.01. The summed E-state index contributed by atoms with van der Waals surface area (Å²) in [6, 6.07) is 10.5. The Morgan fingerprint density at radius 3 is 2.46 bits per heavy atom. The number of Topliss-reactive ketones (excluding diaryl/α,β-unsaturated/α-hetero) is 1. The molecular weight excluding hydrogens is 405 g/mol. The molecule has 0 aliphatic carbocycles. The monoisotopic (exact) mass is 423 g/mol. The summed E-state index contributed by atoms with van der Waals surface area (Å²) in [7, 11) is -3.54. The number of piperidine rings is 1. The maximum atomic E-state index is 13.0. The van der Waals surface area contributed by atoms with Crippen LogP contribution in [0.15, 0.2) is 42.5 Å². The van der Waals surface area contributed by atoms with Gasteiger partial charge in [-0.2, -0.15) is 0 Å². The number of carbonyl (C=O) groups is 1. The van der Waals surface area contributed by atoms with Gasteiger partial charge in [0.05, 0.1) is 22.8 Å². The third kappa shape index (κ3) is 3.66. The van der Waals surface area contributed by atoms with Crippen molar-refractivity contribution in [1.82, 2.24) is 4.31 Å². The number of hydrogen-bond donors (Lipinski definition) is 0. The lowest BCUT2D eigenvalue weighted by Gasteiger charge is -2.43. The lowest BCUT2D eigenvalue weighted by molar-refractivity contribution is 0.00597. The molecule has 0 N–H and O–H groups in total. The summed E-state index contributed by atoms with van der Waals surface area (Å²) in [6.07, 6.45) is 1.03. The van der Waals surface area contributed by atoms with E-state index in [0.29, 0.717) is 34.7 Å². The van der Waals surface area contributed by atoms with E-state index in [0.717, 1.165) is 0 Å². The molecule has 4 rings (SSSR count). The van der Waals surface area contributed by atoms with Crippen LogP contribution in [0, 0.1) is 5.82 Å². The van der Waals surface area contributed by atoms with E-state index < -0.39 is 21.4 Å². The van der Waals surface area contributed by atoms with Gasteiger partial charge in [0.25, 0.3) is 0 Å². The second-order valence-electron chi connectivity index (χ2n) is 7.28. The number of ether oxygens (including phenoxy) is 1. The molecular formula is C20H19ClFNO4S. The van der Waals surface area contributed by atoms with Gasteiger partial charge in [-0.3, -0.25) is 4.79 Å². The van der Waals surface area contributed by atoms with Gasteiger partial charge >= 0.3 is 0 Å². The Morgan fingerprint density at radius 1 is 1.11 bits per heavy atom. The largest absolute Gasteiger partial charge is 0.484 e. The lowest BCUT2D eigenvalue weighted by Crippen LogP contribution is -2.52. The highest BCUT2D eigenvalue weighted by Gasteiger charge is 2.45. The normalized spacial score (nSPS) is 19.3. The van der Waals surface area contributed by atoms with E-state index in [9.17, 15) is 17.6 Å². The lowest BCUT2D eigenvalue weighted by atomic mass is 9.83. The van der Waals surface area contributed by atoms with Crippen LogP contribution in [0.25, 0.3) is 0 Å². The van der Waals surface area contributed by atoms with Crippen molar-refractivity contribution < 1.29 is 22.3 Å². The minimum absolute atomic E-state index is 0.0358. The Bertz CT molecular complexity index is 1020. The van der Waals surface area contributed by atoms with Gasteiger partial charge in [-0.1, -0.05) is 29.8 Å². The topological polar surface area (TPSA) is 63.7 Å². The van der Waals surface area contributed by atoms with Crippen LogP contribution in [-0.4, -0.2) is 37.2 Å². The van der Waals surface area contributed by atoms with Crippen LogP contribution in [0.4, 0.5) is 4.39 Å². The molecule has 0 atom stereocenters. The first kappa shape index (κ1) is 19.4. The molecule has 1 saturated heterocycles. The molecule has 0 bridgehead atoms. The summed E-state index contributed by atoms with van der Waals surface area (Å²) in [6.45, 7) is 0.521. The first-order valence-corrected chi connectivity index (χ1v) is 11.0. The molecule has 0 radical (unpaired) electrons. The third-order valence-electron chi connectivity index (χ3n) is 5.36. The number of nitrogens with zero attached hydrogens (tertiary/aromatic N) is 1. The number of rotatable bonds is 3. The number of fused-ring (bicyclic) bond motifs is 1. The Hall–Kier alpha value is -1.96. The van der Waals surface area contributed by atoms with Crippen molar-refractivity contribution in [2.45, 2.75) is 30.6 Å². The SMILES string of the molecule is O=C1CC2(CCN(S(=O)(=O)Cc3ccc(F)cc3)CC2)Oc2c(Cl)cccc21. The van der Waals surface area contributed by atoms with Gasteiger partial charge in [0.1, 0.15) is 17.2 Å².